The fourth-order valence-electron chi connectivity index (χ4n) is 1.09. The quantitative estimate of drug-likeness (QED) is 0.571. The maximum atomic E-state index is 10.8. The molecule has 0 aromatic rings. The van der Waals surface area contributed by atoms with Gasteiger partial charge < -0.3 is 15.4 Å². The molecule has 0 saturated carbocycles. The summed E-state index contributed by atoms with van der Waals surface area (Å²) in [5.74, 6) is -0.00495. The summed E-state index contributed by atoms with van der Waals surface area (Å²) in [5, 5.41) is 0. The van der Waals surface area contributed by atoms with Gasteiger partial charge in [0.15, 0.2) is 5.82 Å². The van der Waals surface area contributed by atoms with Gasteiger partial charge in [0.25, 0.3) is 5.91 Å². The van der Waals surface area contributed by atoms with Crippen molar-refractivity contribution in [3.8, 4) is 0 Å². The Labute approximate surface area is 68.8 Å². The summed E-state index contributed by atoms with van der Waals surface area (Å²) in [4.78, 5) is 16.5. The molecule has 2 rings (SSSR count). The normalized spacial score (nSPS) is 19.5. The van der Waals surface area contributed by atoms with Crippen molar-refractivity contribution in [1.82, 2.24) is 4.90 Å². The lowest BCUT2D eigenvalue weighted by molar-refractivity contribution is -0.117. The van der Waals surface area contributed by atoms with Crippen LogP contribution in [-0.4, -0.2) is 23.6 Å². The Bertz CT molecular complexity index is 317. The van der Waals surface area contributed by atoms with Gasteiger partial charge in [-0.15, -0.1) is 0 Å². The van der Waals surface area contributed by atoms with Crippen molar-refractivity contribution >= 4 is 12.1 Å². The molecule has 2 aliphatic heterocycles. The van der Waals surface area contributed by atoms with Gasteiger partial charge in [0.2, 0.25) is 5.76 Å². The molecule has 0 saturated heterocycles. The first-order chi connectivity index (χ1) is 5.79. The zero-order valence-corrected chi connectivity index (χ0v) is 6.23. The first-order valence-corrected chi connectivity index (χ1v) is 3.45. The molecule has 5 nitrogen and oxygen atoms in total. The Morgan fingerprint density at radius 2 is 2.58 bits per heavy atom. The van der Waals surface area contributed by atoms with Crippen LogP contribution in [-0.2, 0) is 9.53 Å². The van der Waals surface area contributed by atoms with Gasteiger partial charge in [0.1, 0.15) is 6.26 Å². The smallest absolute Gasteiger partial charge is 0.288 e. The van der Waals surface area contributed by atoms with Gasteiger partial charge in [-0.05, 0) is 0 Å². The number of aliphatic imine (C=N–C) groups is 1. The highest BCUT2D eigenvalue weighted by atomic mass is 16.5. The van der Waals surface area contributed by atoms with Crippen LogP contribution in [0.1, 0.15) is 0 Å². The summed E-state index contributed by atoms with van der Waals surface area (Å²) in [5.41, 5.74) is 5.07. The van der Waals surface area contributed by atoms with Crippen LogP contribution in [0.15, 0.2) is 29.0 Å². The summed E-state index contributed by atoms with van der Waals surface area (Å²) < 4.78 is 4.92. The van der Waals surface area contributed by atoms with Gasteiger partial charge in [0.05, 0.1) is 6.54 Å². The predicted molar refractivity (Wildman–Crippen MR) is 41.6 cm³/mol. The van der Waals surface area contributed by atoms with E-state index in [1.54, 1.807) is 17.3 Å². The zero-order valence-electron chi connectivity index (χ0n) is 6.23. The van der Waals surface area contributed by atoms with E-state index in [2.05, 4.69) is 4.99 Å². The van der Waals surface area contributed by atoms with Crippen molar-refractivity contribution in [2.45, 2.75) is 0 Å². The van der Waals surface area contributed by atoms with Crippen LogP contribution in [0.2, 0.25) is 0 Å². The summed E-state index contributed by atoms with van der Waals surface area (Å²) in [6, 6.07) is 0. The first kappa shape index (κ1) is 6.90. The zero-order chi connectivity index (χ0) is 8.55. The molecule has 0 aromatic heterocycles. The second-order valence-electron chi connectivity index (χ2n) is 2.38. The lowest BCUT2D eigenvalue weighted by Gasteiger charge is -2.18. The maximum absolute atomic E-state index is 10.8. The highest BCUT2D eigenvalue weighted by molar-refractivity contribution is 5.91. The number of amides is 1. The molecule has 0 fully saturated rings. The molecule has 2 N–H and O–H groups in total. The molecule has 62 valence electrons. The number of primary amides is 1. The van der Waals surface area contributed by atoms with Gasteiger partial charge in [-0.25, -0.2) is 4.99 Å². The highest BCUT2D eigenvalue weighted by Crippen LogP contribution is 2.21. The van der Waals surface area contributed by atoms with E-state index in [-0.39, 0.29) is 5.76 Å². The fraction of sp³-hybridized carbons (Fsp3) is 0.143. The minimum Gasteiger partial charge on any atom is -0.454 e. The van der Waals surface area contributed by atoms with Gasteiger partial charge in [-0.2, -0.15) is 0 Å². The van der Waals surface area contributed by atoms with Crippen LogP contribution in [0.4, 0.5) is 0 Å². The number of carbonyl (C=O) groups excluding carboxylic acids is 1. The van der Waals surface area contributed by atoms with E-state index >= 15 is 0 Å². The van der Waals surface area contributed by atoms with Gasteiger partial charge in [-0.3, -0.25) is 4.79 Å². The summed E-state index contributed by atoms with van der Waals surface area (Å²) in [6.07, 6.45) is 4.81. The molecule has 12 heavy (non-hydrogen) atoms. The molecular weight excluding hydrogens is 158 g/mol. The summed E-state index contributed by atoms with van der Waals surface area (Å²) >= 11 is 0. The van der Waals surface area contributed by atoms with Crippen molar-refractivity contribution < 1.29 is 9.53 Å². The predicted octanol–water partition coefficient (Wildman–Crippen LogP) is -0.471. The molecule has 0 aliphatic carbocycles. The van der Waals surface area contributed by atoms with Crippen molar-refractivity contribution in [2.24, 2.45) is 10.7 Å². The summed E-state index contributed by atoms with van der Waals surface area (Å²) in [6.45, 7) is 0.659. The Balaban J connectivity index is 2.41. The number of rotatable bonds is 1. The molecule has 5 heteroatoms. The van der Waals surface area contributed by atoms with Crippen LogP contribution < -0.4 is 5.73 Å². The van der Waals surface area contributed by atoms with Crippen LogP contribution in [0, 0.1) is 0 Å². The first-order valence-electron chi connectivity index (χ1n) is 3.45. The number of ether oxygens (including phenoxy) is 1. The van der Waals surface area contributed by atoms with Crippen molar-refractivity contribution in [1.29, 1.82) is 0 Å². The summed E-state index contributed by atoms with van der Waals surface area (Å²) in [7, 11) is 0. The van der Waals surface area contributed by atoms with E-state index in [9.17, 15) is 4.79 Å². The molecule has 1 amide bonds. The number of carbonyl (C=O) groups is 1. The molecule has 0 atom stereocenters. The SMILES string of the molecule is NC(=O)C1=C2N=CCN2C=CO1. The van der Waals surface area contributed by atoms with Gasteiger partial charge in [-0.1, -0.05) is 0 Å². The van der Waals surface area contributed by atoms with Gasteiger partial charge in [0, 0.05) is 12.4 Å². The maximum Gasteiger partial charge on any atom is 0.288 e. The highest BCUT2D eigenvalue weighted by Gasteiger charge is 2.23. The largest absolute Gasteiger partial charge is 0.454 e. The standard InChI is InChI=1S/C7H7N3O2/c8-6(11)5-7-9-1-2-10(7)3-4-12-5/h1,3-4H,2H2,(H2,8,11). The van der Waals surface area contributed by atoms with Crippen molar-refractivity contribution in [2.75, 3.05) is 6.54 Å². The number of nitrogens with two attached hydrogens (primary N) is 1. The van der Waals surface area contributed by atoms with Crippen LogP contribution in [0.3, 0.4) is 0 Å². The monoisotopic (exact) mass is 165 g/mol. The molecular formula is C7H7N3O2. The molecule has 0 unspecified atom stereocenters. The van der Waals surface area contributed by atoms with E-state index in [4.69, 9.17) is 10.5 Å². The Hall–Kier alpha value is -1.78. The van der Waals surface area contributed by atoms with Gasteiger partial charge >= 0.3 is 0 Å². The number of hydrogen-bond acceptors (Lipinski definition) is 4. The van der Waals surface area contributed by atoms with Crippen LogP contribution in [0.5, 0.6) is 0 Å². The van der Waals surface area contributed by atoms with Crippen LogP contribution >= 0.6 is 0 Å². The molecule has 2 heterocycles. The molecule has 0 radical (unpaired) electrons. The Kier molecular flexibility index (Phi) is 1.36. The average molecular weight is 165 g/mol. The number of hydrogen-bond donors (Lipinski definition) is 1. The third-order valence-corrected chi connectivity index (χ3v) is 1.62. The molecule has 0 bridgehead atoms. The Morgan fingerprint density at radius 3 is 3.33 bits per heavy atom. The molecule has 0 spiro atoms. The second kappa shape index (κ2) is 2.37. The molecule has 0 aromatic carbocycles. The molecule has 2 aliphatic rings. The number of nitrogens with zero attached hydrogens (tertiary/aromatic N) is 2. The fourth-order valence-corrected chi connectivity index (χ4v) is 1.09. The minimum atomic E-state index is -0.599. The third-order valence-electron chi connectivity index (χ3n) is 1.62. The van der Waals surface area contributed by atoms with E-state index in [0.717, 1.165) is 0 Å². The minimum absolute atomic E-state index is 0.103. The van der Waals surface area contributed by atoms with E-state index in [1.165, 1.54) is 6.26 Å². The average Bonchev–Trinajstić information content (AvgIpc) is 2.49. The van der Waals surface area contributed by atoms with E-state index in [0.29, 0.717) is 12.4 Å². The van der Waals surface area contributed by atoms with E-state index in [1.807, 2.05) is 0 Å². The van der Waals surface area contributed by atoms with Crippen molar-refractivity contribution in [3.05, 3.63) is 24.0 Å². The van der Waals surface area contributed by atoms with E-state index < -0.39 is 5.91 Å². The topological polar surface area (TPSA) is 67.9 Å². The lowest BCUT2D eigenvalue weighted by Crippen LogP contribution is -2.24. The number of fused-ring (bicyclic) bond motifs is 1. The van der Waals surface area contributed by atoms with Crippen LogP contribution in [0.25, 0.3) is 0 Å². The Morgan fingerprint density at radius 1 is 1.75 bits per heavy atom. The third kappa shape index (κ3) is 0.868. The van der Waals surface area contributed by atoms with Crippen molar-refractivity contribution in [3.63, 3.8) is 0 Å². The lowest BCUT2D eigenvalue weighted by atomic mass is 10.4. The second-order valence-corrected chi connectivity index (χ2v) is 2.38.